The van der Waals surface area contributed by atoms with Crippen molar-refractivity contribution in [3.8, 4) is 0 Å². The zero-order chi connectivity index (χ0) is 15.3. The Morgan fingerprint density at radius 1 is 1.37 bits per heavy atom. The number of hydrogen-bond donors (Lipinski definition) is 2. The second-order valence-corrected chi connectivity index (χ2v) is 6.18. The van der Waals surface area contributed by atoms with Crippen LogP contribution in [0.25, 0.3) is 0 Å². The largest absolute Gasteiger partial charge is 0.410 e. The van der Waals surface area contributed by atoms with Crippen molar-refractivity contribution < 1.29 is 23.2 Å². The molecule has 0 saturated heterocycles. The fourth-order valence-electron chi connectivity index (χ4n) is 1.46. The van der Waals surface area contributed by atoms with Crippen LogP contribution in [-0.2, 0) is 4.79 Å². The molecule has 0 saturated carbocycles. The maximum atomic E-state index is 12.1. The summed E-state index contributed by atoms with van der Waals surface area (Å²) < 4.78 is 36.2. The highest BCUT2D eigenvalue weighted by Crippen LogP contribution is 2.32. The lowest BCUT2D eigenvalue weighted by molar-refractivity contribution is -0.129. The molecule has 0 aromatic rings. The molecule has 0 aliphatic heterocycles. The molecular formula is C11H19F3N2O2S. The predicted octanol–water partition coefficient (Wildman–Crippen LogP) is 2.87. The molecule has 0 heterocycles. The number of nitrogens with zero attached hydrogens (tertiary/aromatic N) is 1. The van der Waals surface area contributed by atoms with Gasteiger partial charge in [0.2, 0.25) is 5.91 Å². The van der Waals surface area contributed by atoms with Gasteiger partial charge in [0.05, 0.1) is 12.3 Å². The van der Waals surface area contributed by atoms with Gasteiger partial charge in [0.15, 0.2) is 0 Å². The van der Waals surface area contributed by atoms with Crippen molar-refractivity contribution in [2.45, 2.75) is 33.4 Å². The Balaban J connectivity index is 4.84. The molecule has 0 aromatic heterocycles. The molecule has 0 rings (SSSR count). The van der Waals surface area contributed by atoms with Crippen molar-refractivity contribution >= 4 is 22.7 Å². The number of hydrogen-bond acceptors (Lipinski definition) is 4. The summed E-state index contributed by atoms with van der Waals surface area (Å²) in [6.45, 7) is 5.26. The van der Waals surface area contributed by atoms with Crippen LogP contribution < -0.4 is 5.32 Å². The summed E-state index contributed by atoms with van der Waals surface area (Å²) >= 11 is 0.746. The van der Waals surface area contributed by atoms with Gasteiger partial charge in [0, 0.05) is 12.8 Å². The molecule has 1 atom stereocenters. The van der Waals surface area contributed by atoms with Crippen LogP contribution in [0.15, 0.2) is 5.16 Å². The third-order valence-corrected chi connectivity index (χ3v) is 3.38. The number of carbonyl (C=O) groups is 1. The summed E-state index contributed by atoms with van der Waals surface area (Å²) in [5, 5.41) is 14.4. The SMILES string of the molecule is CNC(=O)C(C(=NO)SCCC(F)(F)F)C(C)(C)C. The molecule has 1 amide bonds. The van der Waals surface area contributed by atoms with E-state index in [-0.39, 0.29) is 16.7 Å². The molecular weight excluding hydrogens is 281 g/mol. The van der Waals surface area contributed by atoms with Crippen LogP contribution in [0.1, 0.15) is 27.2 Å². The maximum absolute atomic E-state index is 12.1. The number of nitrogens with one attached hydrogen (secondary N) is 1. The highest BCUT2D eigenvalue weighted by atomic mass is 32.2. The van der Waals surface area contributed by atoms with Gasteiger partial charge in [-0.1, -0.05) is 25.9 Å². The van der Waals surface area contributed by atoms with E-state index in [9.17, 15) is 18.0 Å². The first-order valence-electron chi connectivity index (χ1n) is 5.66. The maximum Gasteiger partial charge on any atom is 0.389 e. The summed E-state index contributed by atoms with van der Waals surface area (Å²) in [4.78, 5) is 11.8. The molecule has 0 radical (unpaired) electrons. The molecule has 1 unspecified atom stereocenters. The van der Waals surface area contributed by atoms with Crippen LogP contribution in [0.3, 0.4) is 0 Å². The van der Waals surface area contributed by atoms with Gasteiger partial charge in [0.25, 0.3) is 0 Å². The second kappa shape index (κ2) is 7.02. The molecule has 0 aromatic carbocycles. The Kier molecular flexibility index (Phi) is 6.68. The summed E-state index contributed by atoms with van der Waals surface area (Å²) in [5.41, 5.74) is -0.563. The Morgan fingerprint density at radius 3 is 2.21 bits per heavy atom. The first kappa shape index (κ1) is 18.1. The van der Waals surface area contributed by atoms with Gasteiger partial charge in [-0.05, 0) is 5.41 Å². The number of alkyl halides is 3. The summed E-state index contributed by atoms with van der Waals surface area (Å²) in [7, 11) is 1.43. The van der Waals surface area contributed by atoms with E-state index >= 15 is 0 Å². The minimum Gasteiger partial charge on any atom is -0.410 e. The summed E-state index contributed by atoms with van der Waals surface area (Å²) in [6.07, 6.45) is -5.26. The van der Waals surface area contributed by atoms with E-state index in [4.69, 9.17) is 5.21 Å². The van der Waals surface area contributed by atoms with E-state index in [1.165, 1.54) is 7.05 Å². The molecule has 0 aliphatic rings. The summed E-state index contributed by atoms with van der Waals surface area (Å²) in [6, 6.07) is 0. The Bertz CT molecular complexity index is 338. The molecule has 0 bridgehead atoms. The molecule has 112 valence electrons. The third-order valence-electron chi connectivity index (χ3n) is 2.36. The van der Waals surface area contributed by atoms with E-state index in [1.807, 2.05) is 0 Å². The van der Waals surface area contributed by atoms with Gasteiger partial charge in [-0.15, -0.1) is 11.8 Å². The third kappa shape index (κ3) is 6.70. The number of carbonyl (C=O) groups excluding carboxylic acids is 1. The van der Waals surface area contributed by atoms with Crippen LogP contribution in [0.4, 0.5) is 13.2 Å². The predicted molar refractivity (Wildman–Crippen MR) is 69.4 cm³/mol. The zero-order valence-corrected chi connectivity index (χ0v) is 12.2. The highest BCUT2D eigenvalue weighted by Gasteiger charge is 2.36. The number of halogens is 3. The van der Waals surface area contributed by atoms with Gasteiger partial charge in [-0.2, -0.15) is 13.2 Å². The highest BCUT2D eigenvalue weighted by molar-refractivity contribution is 8.14. The molecule has 4 nitrogen and oxygen atoms in total. The number of oxime groups is 1. The molecule has 19 heavy (non-hydrogen) atoms. The van der Waals surface area contributed by atoms with E-state index in [2.05, 4.69) is 10.5 Å². The lowest BCUT2D eigenvalue weighted by atomic mass is 9.80. The summed E-state index contributed by atoms with van der Waals surface area (Å²) in [5.74, 6) is -1.47. The number of amides is 1. The average Bonchev–Trinajstić information content (AvgIpc) is 2.23. The Morgan fingerprint density at radius 2 is 1.89 bits per heavy atom. The van der Waals surface area contributed by atoms with Crippen LogP contribution >= 0.6 is 11.8 Å². The van der Waals surface area contributed by atoms with Gasteiger partial charge in [-0.3, -0.25) is 4.79 Å². The van der Waals surface area contributed by atoms with Crippen molar-refractivity contribution in [3.05, 3.63) is 0 Å². The fourth-order valence-corrected chi connectivity index (χ4v) is 2.69. The molecule has 0 fully saturated rings. The monoisotopic (exact) mass is 300 g/mol. The Labute approximate surface area is 114 Å². The van der Waals surface area contributed by atoms with Crippen LogP contribution in [0.5, 0.6) is 0 Å². The molecule has 0 spiro atoms. The van der Waals surface area contributed by atoms with Crippen LogP contribution in [0, 0.1) is 11.3 Å². The second-order valence-electron chi connectivity index (χ2n) is 5.07. The minimum atomic E-state index is -4.27. The van der Waals surface area contributed by atoms with E-state index < -0.39 is 23.9 Å². The normalized spacial score (nSPS) is 15.2. The van der Waals surface area contributed by atoms with Gasteiger partial charge >= 0.3 is 6.18 Å². The lowest BCUT2D eigenvalue weighted by Crippen LogP contribution is -2.40. The van der Waals surface area contributed by atoms with Crippen molar-refractivity contribution in [3.63, 3.8) is 0 Å². The number of thioether (sulfide) groups is 1. The Hall–Kier alpha value is -0.920. The first-order chi connectivity index (χ1) is 8.53. The van der Waals surface area contributed by atoms with Crippen LogP contribution in [-0.4, -0.2) is 35.1 Å². The van der Waals surface area contributed by atoms with E-state index in [1.54, 1.807) is 20.8 Å². The van der Waals surface area contributed by atoms with Crippen molar-refractivity contribution in [2.24, 2.45) is 16.5 Å². The molecule has 0 aliphatic carbocycles. The standard InChI is InChI=1S/C11H19F3N2O2S/c1-10(2,3)7(8(17)15-4)9(16-18)19-6-5-11(12,13)14/h7,18H,5-6H2,1-4H3,(H,15,17). The van der Waals surface area contributed by atoms with Crippen LogP contribution in [0.2, 0.25) is 0 Å². The van der Waals surface area contributed by atoms with Gasteiger partial charge in [0.1, 0.15) is 5.04 Å². The molecule has 2 N–H and O–H groups in total. The van der Waals surface area contributed by atoms with Crippen molar-refractivity contribution in [2.75, 3.05) is 12.8 Å². The number of rotatable bonds is 4. The quantitative estimate of drug-likeness (QED) is 0.363. The molecule has 8 heteroatoms. The zero-order valence-electron chi connectivity index (χ0n) is 11.3. The minimum absolute atomic E-state index is 0.00361. The van der Waals surface area contributed by atoms with Gasteiger partial charge in [-0.25, -0.2) is 0 Å². The van der Waals surface area contributed by atoms with Crippen molar-refractivity contribution in [1.82, 2.24) is 5.32 Å². The van der Waals surface area contributed by atoms with Crippen molar-refractivity contribution in [1.29, 1.82) is 0 Å². The lowest BCUT2D eigenvalue weighted by Gasteiger charge is -2.29. The van der Waals surface area contributed by atoms with Gasteiger partial charge < -0.3 is 10.5 Å². The topological polar surface area (TPSA) is 61.7 Å². The van der Waals surface area contributed by atoms with E-state index in [0.717, 1.165) is 11.8 Å². The first-order valence-corrected chi connectivity index (χ1v) is 6.64. The van der Waals surface area contributed by atoms with E-state index in [0.29, 0.717) is 0 Å². The average molecular weight is 300 g/mol. The fraction of sp³-hybridized carbons (Fsp3) is 0.818. The smallest absolute Gasteiger partial charge is 0.389 e.